The van der Waals surface area contributed by atoms with E-state index < -0.39 is 29.6 Å². The van der Waals surface area contributed by atoms with Gasteiger partial charge in [0.05, 0.1) is 19.4 Å². The molecule has 1 heterocycles. The maximum atomic E-state index is 13.1. The van der Waals surface area contributed by atoms with Crippen LogP contribution in [-0.4, -0.2) is 52.5 Å². The molecule has 0 bridgehead atoms. The predicted molar refractivity (Wildman–Crippen MR) is 98.2 cm³/mol. The summed E-state index contributed by atoms with van der Waals surface area (Å²) < 4.78 is 44.5. The van der Waals surface area contributed by atoms with Crippen molar-refractivity contribution in [1.82, 2.24) is 9.97 Å². The van der Waals surface area contributed by atoms with Crippen molar-refractivity contribution in [3.05, 3.63) is 35.5 Å². The first-order chi connectivity index (χ1) is 13.7. The third-order valence-corrected chi connectivity index (χ3v) is 3.78. The molecule has 0 spiro atoms. The number of methoxy groups -OCH3 is 1. The fraction of sp³-hybridized carbons (Fsp3) is 0.353. The largest absolute Gasteiger partial charge is 0.495 e. The molecule has 0 radical (unpaired) electrons. The van der Waals surface area contributed by atoms with Gasteiger partial charge in [-0.05, 0) is 24.1 Å². The van der Waals surface area contributed by atoms with Gasteiger partial charge in [-0.25, -0.2) is 4.98 Å². The molecule has 1 atom stereocenters. The summed E-state index contributed by atoms with van der Waals surface area (Å²) in [5, 5.41) is 22.9. The van der Waals surface area contributed by atoms with E-state index in [4.69, 9.17) is 20.7 Å². The third-order valence-electron chi connectivity index (χ3n) is 3.78. The van der Waals surface area contributed by atoms with Gasteiger partial charge in [0.1, 0.15) is 23.2 Å². The van der Waals surface area contributed by atoms with E-state index in [0.717, 1.165) is 0 Å². The van der Waals surface area contributed by atoms with Gasteiger partial charge in [0, 0.05) is 12.7 Å². The number of aliphatic hydroxyl groups excluding tert-OH is 1. The fourth-order valence-corrected chi connectivity index (χ4v) is 2.39. The standard InChI is InChI=1S/C17H20F3N5O4/c1-29-13-7-9(6-11(21)15(27)28)2-3-12(13)24-16-23-8-10(17(18,19)20)14(25-16)22-4-5-26/h2-3,7-8,11,26H,4-6,21H2,1H3,(H,27,28)(H2,22,23,24,25)/t11-/m0/s1. The van der Waals surface area contributed by atoms with E-state index in [1.54, 1.807) is 18.2 Å². The van der Waals surface area contributed by atoms with Crippen molar-refractivity contribution in [1.29, 1.82) is 0 Å². The number of alkyl halides is 3. The number of benzene rings is 1. The van der Waals surface area contributed by atoms with Crippen LogP contribution in [0.3, 0.4) is 0 Å². The third kappa shape index (κ3) is 5.93. The highest BCUT2D eigenvalue weighted by Gasteiger charge is 2.35. The number of nitrogens with two attached hydrogens (primary N) is 1. The number of carboxylic acid groups (broad SMARTS) is 1. The van der Waals surface area contributed by atoms with Crippen molar-refractivity contribution in [2.75, 3.05) is 30.9 Å². The summed E-state index contributed by atoms with van der Waals surface area (Å²) in [6, 6.07) is 3.62. The Bertz CT molecular complexity index is 863. The second kappa shape index (κ2) is 9.39. The predicted octanol–water partition coefficient (Wildman–Crippen LogP) is 1.61. The Hall–Kier alpha value is -3.12. The molecular weight excluding hydrogens is 395 g/mol. The van der Waals surface area contributed by atoms with E-state index in [2.05, 4.69) is 20.6 Å². The molecule has 0 unspecified atom stereocenters. The normalized spacial score (nSPS) is 12.3. The lowest BCUT2D eigenvalue weighted by molar-refractivity contribution is -0.139. The number of halogens is 3. The van der Waals surface area contributed by atoms with E-state index in [-0.39, 0.29) is 25.5 Å². The van der Waals surface area contributed by atoms with Crippen molar-refractivity contribution in [2.24, 2.45) is 5.73 Å². The number of aliphatic carboxylic acids is 1. The zero-order valence-electron chi connectivity index (χ0n) is 15.3. The molecule has 0 fully saturated rings. The second-order valence-corrected chi connectivity index (χ2v) is 5.91. The first-order valence-corrected chi connectivity index (χ1v) is 8.37. The van der Waals surface area contributed by atoms with Gasteiger partial charge in [-0.3, -0.25) is 4.79 Å². The Kier molecular flexibility index (Phi) is 7.18. The summed E-state index contributed by atoms with van der Waals surface area (Å²) in [4.78, 5) is 18.4. The number of aliphatic hydroxyl groups is 1. The minimum absolute atomic E-state index is 0.0674. The Morgan fingerprint density at radius 2 is 2.10 bits per heavy atom. The van der Waals surface area contributed by atoms with Gasteiger partial charge in [0.25, 0.3) is 0 Å². The summed E-state index contributed by atoms with van der Waals surface area (Å²) in [5.74, 6) is -1.46. The van der Waals surface area contributed by atoms with E-state index in [1.807, 2.05) is 0 Å². The number of aromatic nitrogens is 2. The van der Waals surface area contributed by atoms with Crippen LogP contribution in [0.1, 0.15) is 11.1 Å². The summed E-state index contributed by atoms with van der Waals surface area (Å²) in [5.41, 5.74) is 5.40. The highest BCUT2D eigenvalue weighted by molar-refractivity contribution is 5.73. The molecule has 0 aliphatic heterocycles. The highest BCUT2D eigenvalue weighted by Crippen LogP contribution is 2.34. The van der Waals surface area contributed by atoms with Crippen LogP contribution in [0.25, 0.3) is 0 Å². The summed E-state index contributed by atoms with van der Waals surface area (Å²) >= 11 is 0. The number of ether oxygens (including phenoxy) is 1. The van der Waals surface area contributed by atoms with Crippen LogP contribution >= 0.6 is 0 Å². The van der Waals surface area contributed by atoms with Crippen molar-refractivity contribution < 1.29 is 32.9 Å². The van der Waals surface area contributed by atoms with Gasteiger partial charge in [-0.2, -0.15) is 18.2 Å². The average Bonchev–Trinajstić information content (AvgIpc) is 2.66. The van der Waals surface area contributed by atoms with Gasteiger partial charge in [-0.15, -0.1) is 0 Å². The quantitative estimate of drug-likeness (QED) is 0.413. The molecule has 0 saturated carbocycles. The van der Waals surface area contributed by atoms with Gasteiger partial charge >= 0.3 is 12.1 Å². The lowest BCUT2D eigenvalue weighted by atomic mass is 10.1. The Morgan fingerprint density at radius 3 is 2.69 bits per heavy atom. The maximum Gasteiger partial charge on any atom is 0.421 e. The SMILES string of the molecule is COc1cc(C[C@H](N)C(=O)O)ccc1Nc1ncc(C(F)(F)F)c(NCCO)n1. The van der Waals surface area contributed by atoms with Crippen LogP contribution in [0.15, 0.2) is 24.4 Å². The van der Waals surface area contributed by atoms with Crippen LogP contribution in [-0.2, 0) is 17.4 Å². The molecule has 0 aliphatic carbocycles. The minimum atomic E-state index is -4.67. The number of anilines is 3. The molecule has 29 heavy (non-hydrogen) atoms. The highest BCUT2D eigenvalue weighted by atomic mass is 19.4. The van der Waals surface area contributed by atoms with Crippen molar-refractivity contribution >= 4 is 23.4 Å². The smallest absolute Gasteiger partial charge is 0.421 e. The molecule has 0 amide bonds. The Labute approximate surface area is 163 Å². The van der Waals surface area contributed by atoms with E-state index >= 15 is 0 Å². The lowest BCUT2D eigenvalue weighted by Crippen LogP contribution is -2.32. The van der Waals surface area contributed by atoms with E-state index in [9.17, 15) is 18.0 Å². The van der Waals surface area contributed by atoms with Crippen molar-refractivity contribution in [3.8, 4) is 5.75 Å². The molecule has 1 aromatic carbocycles. The molecule has 0 aliphatic rings. The molecular formula is C17H20F3N5O4. The van der Waals surface area contributed by atoms with Crippen LogP contribution < -0.4 is 21.1 Å². The molecule has 2 aromatic rings. The Balaban J connectivity index is 2.29. The molecule has 2 rings (SSSR count). The van der Waals surface area contributed by atoms with E-state index in [1.165, 1.54) is 7.11 Å². The van der Waals surface area contributed by atoms with E-state index in [0.29, 0.717) is 23.2 Å². The Morgan fingerprint density at radius 1 is 1.38 bits per heavy atom. The lowest BCUT2D eigenvalue weighted by Gasteiger charge is -2.16. The van der Waals surface area contributed by atoms with Crippen LogP contribution in [0.2, 0.25) is 0 Å². The fourth-order valence-electron chi connectivity index (χ4n) is 2.39. The number of carboxylic acids is 1. The number of carbonyl (C=O) groups is 1. The van der Waals surface area contributed by atoms with Gasteiger partial charge < -0.3 is 31.3 Å². The zero-order valence-corrected chi connectivity index (χ0v) is 15.3. The van der Waals surface area contributed by atoms with Gasteiger partial charge in [-0.1, -0.05) is 6.07 Å². The van der Waals surface area contributed by atoms with Crippen LogP contribution in [0, 0.1) is 0 Å². The zero-order chi connectivity index (χ0) is 21.6. The topological polar surface area (TPSA) is 143 Å². The minimum Gasteiger partial charge on any atom is -0.495 e. The first-order valence-electron chi connectivity index (χ1n) is 8.37. The van der Waals surface area contributed by atoms with Crippen LogP contribution in [0.5, 0.6) is 5.75 Å². The van der Waals surface area contributed by atoms with Gasteiger partial charge in [0.2, 0.25) is 5.95 Å². The molecule has 158 valence electrons. The summed E-state index contributed by atoms with van der Waals surface area (Å²) in [6.45, 7) is -0.501. The molecule has 9 nitrogen and oxygen atoms in total. The average molecular weight is 415 g/mol. The number of nitrogens with one attached hydrogen (secondary N) is 2. The monoisotopic (exact) mass is 415 g/mol. The number of hydrogen-bond acceptors (Lipinski definition) is 8. The number of rotatable bonds is 9. The molecule has 0 saturated heterocycles. The molecule has 1 aromatic heterocycles. The number of hydrogen-bond donors (Lipinski definition) is 5. The molecule has 6 N–H and O–H groups in total. The summed E-state index contributed by atoms with van der Waals surface area (Å²) in [6.07, 6.45) is -3.97. The first kappa shape index (κ1) is 22.2. The van der Waals surface area contributed by atoms with Crippen LogP contribution in [0.4, 0.5) is 30.6 Å². The van der Waals surface area contributed by atoms with Crippen molar-refractivity contribution in [3.63, 3.8) is 0 Å². The number of nitrogens with zero attached hydrogens (tertiary/aromatic N) is 2. The maximum absolute atomic E-state index is 13.1. The second-order valence-electron chi connectivity index (χ2n) is 5.91. The summed E-state index contributed by atoms with van der Waals surface area (Å²) in [7, 11) is 1.38. The molecule has 12 heteroatoms. The van der Waals surface area contributed by atoms with Gasteiger partial charge in [0.15, 0.2) is 0 Å². The van der Waals surface area contributed by atoms with Crippen molar-refractivity contribution in [2.45, 2.75) is 18.6 Å².